The molecule has 0 bridgehead atoms. The number of hydrogen-bond acceptors (Lipinski definition) is 4. The maximum atomic E-state index is 13.9. The summed E-state index contributed by atoms with van der Waals surface area (Å²) < 4.78 is 42.2. The van der Waals surface area contributed by atoms with Crippen molar-refractivity contribution in [2.45, 2.75) is 12.7 Å². The molecule has 0 aliphatic carbocycles. The number of amides is 1. The number of rotatable bonds is 4. The maximum absolute atomic E-state index is 13.9. The first kappa shape index (κ1) is 21.3. The van der Waals surface area contributed by atoms with Crippen LogP contribution in [0.5, 0.6) is 0 Å². The summed E-state index contributed by atoms with van der Waals surface area (Å²) in [5.41, 5.74) is -0.498. The Labute approximate surface area is 181 Å². The molecular formula is C21H19ClF3N5O. The van der Waals surface area contributed by atoms with E-state index in [2.05, 4.69) is 15.0 Å². The van der Waals surface area contributed by atoms with E-state index in [1.54, 1.807) is 0 Å². The molecule has 0 saturated carbocycles. The fraction of sp³-hybridized carbons (Fsp3) is 0.286. The third-order valence-corrected chi connectivity index (χ3v) is 5.30. The molecule has 31 heavy (non-hydrogen) atoms. The fourth-order valence-corrected chi connectivity index (χ4v) is 3.75. The first-order valence-electron chi connectivity index (χ1n) is 9.66. The van der Waals surface area contributed by atoms with Crippen molar-refractivity contribution in [3.8, 4) is 5.82 Å². The Morgan fingerprint density at radius 3 is 2.35 bits per heavy atom. The van der Waals surface area contributed by atoms with E-state index in [0.717, 1.165) is 18.3 Å². The largest absolute Gasteiger partial charge is 0.434 e. The minimum atomic E-state index is -4.79. The van der Waals surface area contributed by atoms with Gasteiger partial charge in [-0.1, -0.05) is 48.0 Å². The molecular weight excluding hydrogens is 431 g/mol. The Morgan fingerprint density at radius 1 is 1.00 bits per heavy atom. The molecule has 2 aromatic heterocycles. The second-order valence-corrected chi connectivity index (χ2v) is 7.58. The van der Waals surface area contributed by atoms with Crippen LogP contribution in [0.1, 0.15) is 21.6 Å². The van der Waals surface area contributed by atoms with Crippen molar-refractivity contribution >= 4 is 17.5 Å². The third kappa shape index (κ3) is 4.72. The minimum Gasteiger partial charge on any atom is -0.336 e. The highest BCUT2D eigenvalue weighted by molar-refractivity contribution is 6.29. The summed E-state index contributed by atoms with van der Waals surface area (Å²) in [4.78, 5) is 20.4. The fourth-order valence-electron chi connectivity index (χ4n) is 3.59. The van der Waals surface area contributed by atoms with Gasteiger partial charge in [0.25, 0.3) is 5.91 Å². The number of carbonyl (C=O) groups excluding carboxylic acids is 1. The van der Waals surface area contributed by atoms with Gasteiger partial charge in [0.15, 0.2) is 11.5 Å². The molecule has 1 aliphatic rings. The van der Waals surface area contributed by atoms with Crippen LogP contribution in [0, 0.1) is 0 Å². The van der Waals surface area contributed by atoms with E-state index in [-0.39, 0.29) is 11.0 Å². The molecule has 1 aromatic carbocycles. The second-order valence-electron chi connectivity index (χ2n) is 7.19. The lowest BCUT2D eigenvalue weighted by atomic mass is 10.1. The van der Waals surface area contributed by atoms with Gasteiger partial charge < -0.3 is 4.90 Å². The van der Waals surface area contributed by atoms with Crippen molar-refractivity contribution in [3.05, 3.63) is 76.7 Å². The molecule has 0 N–H and O–H groups in total. The summed E-state index contributed by atoms with van der Waals surface area (Å²) in [7, 11) is 0. The van der Waals surface area contributed by atoms with Gasteiger partial charge in [-0.25, -0.2) is 9.67 Å². The number of piperazine rings is 1. The molecule has 3 heterocycles. The van der Waals surface area contributed by atoms with Gasteiger partial charge in [-0.05, 0) is 17.7 Å². The molecule has 0 radical (unpaired) electrons. The second kappa shape index (κ2) is 8.68. The van der Waals surface area contributed by atoms with Gasteiger partial charge in [-0.15, -0.1) is 0 Å². The van der Waals surface area contributed by atoms with Gasteiger partial charge in [0.1, 0.15) is 5.15 Å². The number of halogens is 4. The lowest BCUT2D eigenvalue weighted by Gasteiger charge is -2.34. The summed E-state index contributed by atoms with van der Waals surface area (Å²) in [6.45, 7) is 2.56. The number of alkyl halides is 3. The van der Waals surface area contributed by atoms with E-state index in [1.165, 1.54) is 23.1 Å². The van der Waals surface area contributed by atoms with Crippen LogP contribution in [0.3, 0.4) is 0 Å². The number of nitrogens with zero attached hydrogens (tertiary/aromatic N) is 5. The molecule has 0 unspecified atom stereocenters. The molecule has 1 amide bonds. The standard InChI is InChI=1S/C21H19ClF3N5O/c22-17-7-4-8-18(27-17)30-19(21(23,24)25)16(13-26-30)20(31)29-11-9-28(10-12-29)14-15-5-2-1-3-6-15/h1-8,13H,9-12,14H2. The van der Waals surface area contributed by atoms with Crippen LogP contribution >= 0.6 is 11.6 Å². The molecule has 1 aliphatic heterocycles. The predicted molar refractivity (Wildman–Crippen MR) is 109 cm³/mol. The summed E-state index contributed by atoms with van der Waals surface area (Å²) >= 11 is 5.81. The normalized spacial score (nSPS) is 15.3. The third-order valence-electron chi connectivity index (χ3n) is 5.09. The number of hydrogen-bond donors (Lipinski definition) is 0. The molecule has 1 fully saturated rings. The van der Waals surface area contributed by atoms with Gasteiger partial charge in [0.2, 0.25) is 0 Å². The summed E-state index contributed by atoms with van der Waals surface area (Å²) in [6.07, 6.45) is -3.84. The smallest absolute Gasteiger partial charge is 0.336 e. The van der Waals surface area contributed by atoms with E-state index in [1.807, 2.05) is 30.3 Å². The number of aromatic nitrogens is 3. The van der Waals surface area contributed by atoms with Gasteiger partial charge in [0.05, 0.1) is 11.8 Å². The Hall–Kier alpha value is -2.91. The zero-order chi connectivity index (χ0) is 22.0. The highest BCUT2D eigenvalue weighted by Gasteiger charge is 2.42. The maximum Gasteiger partial charge on any atom is 0.434 e. The number of pyridine rings is 1. The van der Waals surface area contributed by atoms with E-state index >= 15 is 0 Å². The van der Waals surface area contributed by atoms with Gasteiger partial charge >= 0.3 is 6.18 Å². The van der Waals surface area contributed by atoms with Crippen molar-refractivity contribution in [1.29, 1.82) is 0 Å². The quantitative estimate of drug-likeness (QED) is 0.567. The van der Waals surface area contributed by atoms with E-state index < -0.39 is 23.3 Å². The molecule has 3 aromatic rings. The topological polar surface area (TPSA) is 54.3 Å². The summed E-state index contributed by atoms with van der Waals surface area (Å²) in [6, 6.07) is 14.2. The monoisotopic (exact) mass is 449 g/mol. The van der Waals surface area contributed by atoms with Crippen molar-refractivity contribution < 1.29 is 18.0 Å². The van der Waals surface area contributed by atoms with Crippen LogP contribution < -0.4 is 0 Å². The Balaban J connectivity index is 1.53. The van der Waals surface area contributed by atoms with Gasteiger partial charge in [-0.2, -0.15) is 18.3 Å². The SMILES string of the molecule is O=C(c1cnn(-c2cccc(Cl)n2)c1C(F)(F)F)N1CCN(Cc2ccccc2)CC1. The van der Waals surface area contributed by atoms with Crippen molar-refractivity contribution in [3.63, 3.8) is 0 Å². The highest BCUT2D eigenvalue weighted by Crippen LogP contribution is 2.34. The van der Waals surface area contributed by atoms with Crippen LogP contribution in [0.25, 0.3) is 5.82 Å². The predicted octanol–water partition coefficient (Wildman–Crippen LogP) is 3.90. The van der Waals surface area contributed by atoms with Crippen LogP contribution in [-0.4, -0.2) is 56.7 Å². The van der Waals surface area contributed by atoms with Crippen molar-refractivity contribution in [1.82, 2.24) is 24.6 Å². The summed E-state index contributed by atoms with van der Waals surface area (Å²) in [5, 5.41) is 3.83. The number of carbonyl (C=O) groups is 1. The van der Waals surface area contributed by atoms with E-state index in [4.69, 9.17) is 11.6 Å². The Bertz CT molecular complexity index is 1060. The lowest BCUT2D eigenvalue weighted by Crippen LogP contribution is -2.48. The van der Waals surface area contributed by atoms with Gasteiger partial charge in [-0.3, -0.25) is 9.69 Å². The zero-order valence-electron chi connectivity index (χ0n) is 16.4. The minimum absolute atomic E-state index is 0.0311. The van der Waals surface area contributed by atoms with Crippen LogP contribution in [0.4, 0.5) is 13.2 Å². The summed E-state index contributed by atoms with van der Waals surface area (Å²) in [5.74, 6) is -0.800. The van der Waals surface area contributed by atoms with Crippen molar-refractivity contribution in [2.75, 3.05) is 26.2 Å². The average Bonchev–Trinajstić information content (AvgIpc) is 3.20. The van der Waals surface area contributed by atoms with E-state index in [9.17, 15) is 18.0 Å². The van der Waals surface area contributed by atoms with Gasteiger partial charge in [0, 0.05) is 32.7 Å². The molecule has 10 heteroatoms. The Kier molecular flexibility index (Phi) is 5.97. The number of benzene rings is 1. The molecule has 6 nitrogen and oxygen atoms in total. The highest BCUT2D eigenvalue weighted by atomic mass is 35.5. The lowest BCUT2D eigenvalue weighted by molar-refractivity contribution is -0.143. The first-order valence-corrected chi connectivity index (χ1v) is 10.0. The van der Waals surface area contributed by atoms with Crippen LogP contribution in [0.15, 0.2) is 54.7 Å². The van der Waals surface area contributed by atoms with E-state index in [0.29, 0.717) is 30.9 Å². The average molecular weight is 450 g/mol. The van der Waals surface area contributed by atoms with Crippen LogP contribution in [-0.2, 0) is 12.7 Å². The molecule has 0 spiro atoms. The Morgan fingerprint density at radius 2 is 1.71 bits per heavy atom. The molecule has 0 atom stereocenters. The molecule has 4 rings (SSSR count). The molecule has 1 saturated heterocycles. The molecule has 162 valence electrons. The first-order chi connectivity index (χ1) is 14.8. The zero-order valence-corrected chi connectivity index (χ0v) is 17.1. The van der Waals surface area contributed by atoms with Crippen LogP contribution in [0.2, 0.25) is 5.15 Å². The van der Waals surface area contributed by atoms with Crippen molar-refractivity contribution in [2.24, 2.45) is 0 Å².